The van der Waals surface area contributed by atoms with Crippen molar-refractivity contribution >= 4 is 11.6 Å². The van der Waals surface area contributed by atoms with Gasteiger partial charge in [-0.3, -0.25) is 4.79 Å². The molecule has 1 amide bonds. The van der Waals surface area contributed by atoms with E-state index in [1.807, 2.05) is 36.4 Å². The fraction of sp³-hybridized carbons (Fsp3) is 0.409. The van der Waals surface area contributed by atoms with E-state index >= 15 is 0 Å². The van der Waals surface area contributed by atoms with E-state index in [9.17, 15) is 4.79 Å². The number of nitrogens with one attached hydrogen (secondary N) is 1. The number of benzene rings is 2. The van der Waals surface area contributed by atoms with Crippen LogP contribution in [0.3, 0.4) is 0 Å². The van der Waals surface area contributed by atoms with Gasteiger partial charge in [0.05, 0.1) is 18.4 Å². The summed E-state index contributed by atoms with van der Waals surface area (Å²) in [5.74, 6) is 1.26. The van der Waals surface area contributed by atoms with Crippen LogP contribution in [0.25, 0.3) is 0 Å². The molecule has 0 radical (unpaired) electrons. The van der Waals surface area contributed by atoms with E-state index in [-0.39, 0.29) is 12.0 Å². The molecule has 1 aliphatic heterocycles. The van der Waals surface area contributed by atoms with Crippen molar-refractivity contribution in [1.82, 2.24) is 0 Å². The van der Waals surface area contributed by atoms with Crippen molar-refractivity contribution in [3.63, 3.8) is 0 Å². The molecule has 144 valence electrons. The second-order valence-corrected chi connectivity index (χ2v) is 6.62. The summed E-state index contributed by atoms with van der Waals surface area (Å²) in [6.45, 7) is 4.12. The summed E-state index contributed by atoms with van der Waals surface area (Å²) >= 11 is 0. The highest BCUT2D eigenvalue weighted by atomic mass is 16.5. The van der Waals surface area contributed by atoms with E-state index in [0.717, 1.165) is 38.0 Å². The van der Waals surface area contributed by atoms with E-state index in [4.69, 9.17) is 14.2 Å². The Bertz CT molecular complexity index is 723. The number of carbonyl (C=O) groups excluding carboxylic acids is 1. The molecule has 0 saturated carbocycles. The van der Waals surface area contributed by atoms with Crippen LogP contribution in [0.4, 0.5) is 5.69 Å². The molecular formula is C22H27NO4. The lowest BCUT2D eigenvalue weighted by atomic mass is 10.2. The predicted octanol–water partition coefficient (Wildman–Crippen LogP) is 4.68. The van der Waals surface area contributed by atoms with Crippen molar-refractivity contribution in [3.05, 3.63) is 54.1 Å². The van der Waals surface area contributed by atoms with Gasteiger partial charge in [0, 0.05) is 12.2 Å². The summed E-state index contributed by atoms with van der Waals surface area (Å²) < 4.78 is 17.1. The summed E-state index contributed by atoms with van der Waals surface area (Å²) in [7, 11) is 0. The van der Waals surface area contributed by atoms with E-state index in [1.165, 1.54) is 0 Å². The van der Waals surface area contributed by atoms with Crippen molar-refractivity contribution in [2.45, 2.75) is 38.7 Å². The van der Waals surface area contributed by atoms with Crippen LogP contribution in [0.5, 0.6) is 11.5 Å². The zero-order chi connectivity index (χ0) is 18.9. The molecule has 1 heterocycles. The Kier molecular flexibility index (Phi) is 7.11. The summed E-state index contributed by atoms with van der Waals surface area (Å²) in [6.07, 6.45) is 4.36. The maximum Gasteiger partial charge on any atom is 0.255 e. The highest BCUT2D eigenvalue weighted by Crippen LogP contribution is 2.25. The molecule has 1 unspecified atom stereocenters. The number of ether oxygens (including phenoxy) is 3. The first-order chi connectivity index (χ1) is 13.3. The molecule has 2 aromatic rings. The molecule has 1 N–H and O–H groups in total. The minimum atomic E-state index is -0.174. The Morgan fingerprint density at radius 1 is 1.15 bits per heavy atom. The molecule has 2 aromatic carbocycles. The molecule has 5 nitrogen and oxygen atoms in total. The summed E-state index contributed by atoms with van der Waals surface area (Å²) in [6, 6.07) is 14.6. The molecule has 1 aliphatic rings. The van der Waals surface area contributed by atoms with Crippen molar-refractivity contribution in [1.29, 1.82) is 0 Å². The van der Waals surface area contributed by atoms with Gasteiger partial charge in [0.15, 0.2) is 0 Å². The Morgan fingerprint density at radius 2 is 1.96 bits per heavy atom. The average molecular weight is 369 g/mol. The lowest BCUT2D eigenvalue weighted by molar-refractivity contribution is 0.0679. The average Bonchev–Trinajstić information content (AvgIpc) is 3.22. The molecule has 0 bridgehead atoms. The Morgan fingerprint density at radius 3 is 2.70 bits per heavy atom. The maximum atomic E-state index is 12.5. The highest BCUT2D eigenvalue weighted by Gasteiger charge is 2.16. The zero-order valence-corrected chi connectivity index (χ0v) is 15.8. The van der Waals surface area contributed by atoms with Crippen LogP contribution in [-0.4, -0.2) is 31.8 Å². The second kappa shape index (κ2) is 9.97. The van der Waals surface area contributed by atoms with E-state index in [2.05, 4.69) is 12.2 Å². The smallest absolute Gasteiger partial charge is 0.255 e. The highest BCUT2D eigenvalue weighted by molar-refractivity contribution is 6.05. The van der Waals surface area contributed by atoms with E-state index in [0.29, 0.717) is 30.2 Å². The molecule has 1 saturated heterocycles. The normalized spacial score (nSPS) is 16.1. The lowest BCUT2D eigenvalue weighted by Gasteiger charge is -2.13. The van der Waals surface area contributed by atoms with Crippen LogP contribution in [0.2, 0.25) is 0 Å². The van der Waals surface area contributed by atoms with Gasteiger partial charge in [-0.25, -0.2) is 0 Å². The molecule has 27 heavy (non-hydrogen) atoms. The largest absolute Gasteiger partial charge is 0.491 e. The fourth-order valence-electron chi connectivity index (χ4n) is 2.88. The minimum Gasteiger partial charge on any atom is -0.491 e. The standard InChI is InChI=1S/C22H27NO4/c1-2-3-14-26-21-9-5-4-8-20(21)23-22(24)17-10-12-18(13-11-17)27-16-19-7-6-15-25-19/h4-5,8-13,19H,2-3,6-7,14-16H2,1H3,(H,23,24). The van der Waals surface area contributed by atoms with E-state index < -0.39 is 0 Å². The number of carbonyl (C=O) groups is 1. The lowest BCUT2D eigenvalue weighted by Crippen LogP contribution is -2.16. The molecule has 3 rings (SSSR count). The van der Waals surface area contributed by atoms with Gasteiger partial charge >= 0.3 is 0 Å². The second-order valence-electron chi connectivity index (χ2n) is 6.62. The summed E-state index contributed by atoms with van der Waals surface area (Å²) in [5, 5.41) is 2.93. The zero-order valence-electron chi connectivity index (χ0n) is 15.8. The number of unbranched alkanes of at least 4 members (excludes halogenated alkanes) is 1. The molecule has 0 spiro atoms. The van der Waals surface area contributed by atoms with Crippen molar-refractivity contribution < 1.29 is 19.0 Å². The Balaban J connectivity index is 1.56. The van der Waals surface area contributed by atoms with Gasteiger partial charge in [-0.15, -0.1) is 0 Å². The fourth-order valence-corrected chi connectivity index (χ4v) is 2.88. The first-order valence-electron chi connectivity index (χ1n) is 9.64. The number of amides is 1. The number of hydrogen-bond acceptors (Lipinski definition) is 4. The van der Waals surface area contributed by atoms with Gasteiger partial charge in [-0.2, -0.15) is 0 Å². The third-order valence-electron chi connectivity index (χ3n) is 4.47. The van der Waals surface area contributed by atoms with Crippen LogP contribution in [-0.2, 0) is 4.74 Å². The summed E-state index contributed by atoms with van der Waals surface area (Å²) in [5.41, 5.74) is 1.25. The van der Waals surface area contributed by atoms with Gasteiger partial charge in [-0.1, -0.05) is 25.5 Å². The number of anilines is 1. The number of rotatable bonds is 9. The molecule has 0 aliphatic carbocycles. The molecule has 1 atom stereocenters. The molecular weight excluding hydrogens is 342 g/mol. The maximum absolute atomic E-state index is 12.5. The number of hydrogen-bond donors (Lipinski definition) is 1. The Labute approximate surface area is 160 Å². The van der Waals surface area contributed by atoms with Crippen LogP contribution in [0, 0.1) is 0 Å². The van der Waals surface area contributed by atoms with Gasteiger partial charge in [0.1, 0.15) is 18.1 Å². The first-order valence-corrected chi connectivity index (χ1v) is 9.64. The SMILES string of the molecule is CCCCOc1ccccc1NC(=O)c1ccc(OCC2CCCO2)cc1. The van der Waals surface area contributed by atoms with Crippen LogP contribution >= 0.6 is 0 Å². The molecule has 1 fully saturated rings. The third kappa shape index (κ3) is 5.73. The number of para-hydroxylation sites is 2. The molecule has 5 heteroatoms. The minimum absolute atomic E-state index is 0.174. The predicted molar refractivity (Wildman–Crippen MR) is 106 cm³/mol. The first kappa shape index (κ1) is 19.2. The van der Waals surface area contributed by atoms with Crippen LogP contribution in [0.15, 0.2) is 48.5 Å². The van der Waals surface area contributed by atoms with Gasteiger partial charge in [0.2, 0.25) is 0 Å². The quantitative estimate of drug-likeness (QED) is 0.652. The van der Waals surface area contributed by atoms with Crippen molar-refractivity contribution in [2.24, 2.45) is 0 Å². The Hall–Kier alpha value is -2.53. The van der Waals surface area contributed by atoms with Crippen molar-refractivity contribution in [2.75, 3.05) is 25.1 Å². The summed E-state index contributed by atoms with van der Waals surface area (Å²) in [4.78, 5) is 12.5. The van der Waals surface area contributed by atoms with Gasteiger partial charge < -0.3 is 19.5 Å². The van der Waals surface area contributed by atoms with E-state index in [1.54, 1.807) is 12.1 Å². The van der Waals surface area contributed by atoms with Gasteiger partial charge in [-0.05, 0) is 55.7 Å². The van der Waals surface area contributed by atoms with Crippen LogP contribution < -0.4 is 14.8 Å². The van der Waals surface area contributed by atoms with Crippen LogP contribution in [0.1, 0.15) is 43.0 Å². The monoisotopic (exact) mass is 369 g/mol. The van der Waals surface area contributed by atoms with Gasteiger partial charge in [0.25, 0.3) is 5.91 Å². The topological polar surface area (TPSA) is 56.8 Å². The third-order valence-corrected chi connectivity index (χ3v) is 4.47. The molecule has 0 aromatic heterocycles. The van der Waals surface area contributed by atoms with Crippen molar-refractivity contribution in [3.8, 4) is 11.5 Å².